The number of hydrogen-bond acceptors (Lipinski definition) is 1. The molecule has 0 unspecified atom stereocenters. The molecule has 5 N–H and O–H groups in total. The van der Waals surface area contributed by atoms with Crippen LogP contribution in [0.3, 0.4) is 0 Å². The van der Waals surface area contributed by atoms with Crippen LogP contribution in [0.25, 0.3) is 0 Å². The van der Waals surface area contributed by atoms with Crippen molar-refractivity contribution >= 4 is 5.97 Å². The van der Waals surface area contributed by atoms with E-state index in [2.05, 4.69) is 6.92 Å². The summed E-state index contributed by atoms with van der Waals surface area (Å²) in [5, 5.41) is 8.14. The van der Waals surface area contributed by atoms with Gasteiger partial charge in [-0.05, 0) is 6.42 Å². The van der Waals surface area contributed by atoms with Crippen molar-refractivity contribution in [3.05, 3.63) is 0 Å². The molecule has 66 valence electrons. The van der Waals surface area contributed by atoms with Gasteiger partial charge in [-0.3, -0.25) is 4.79 Å². The number of unbranched alkanes of at least 4 members (excludes halogenated alkanes) is 2. The van der Waals surface area contributed by atoms with Gasteiger partial charge in [-0.2, -0.15) is 0 Å². The van der Waals surface area contributed by atoms with Crippen LogP contribution < -0.4 is 0 Å². The minimum atomic E-state index is -0.682. The first-order valence-corrected chi connectivity index (χ1v) is 2.99. The van der Waals surface area contributed by atoms with Crippen molar-refractivity contribution in [2.75, 3.05) is 0 Å². The van der Waals surface area contributed by atoms with Crippen LogP contribution in [0.5, 0.6) is 0 Å². The number of carboxylic acids is 1. The minimum Gasteiger partial charge on any atom is -0.481 e. The van der Waals surface area contributed by atoms with E-state index in [1.54, 1.807) is 0 Å². The molecule has 0 fully saturated rings. The van der Waals surface area contributed by atoms with Gasteiger partial charge >= 0.3 is 5.97 Å². The van der Waals surface area contributed by atoms with Gasteiger partial charge in [0.2, 0.25) is 0 Å². The van der Waals surface area contributed by atoms with E-state index >= 15 is 0 Å². The molecule has 0 aliphatic carbocycles. The topological polar surface area (TPSA) is 100 Å². The molecule has 0 aliphatic heterocycles. The summed E-state index contributed by atoms with van der Waals surface area (Å²) in [5.74, 6) is -0.682. The first-order valence-electron chi connectivity index (χ1n) is 2.99. The first-order chi connectivity index (χ1) is 3.77. The van der Waals surface area contributed by atoms with Crippen molar-refractivity contribution in [1.82, 2.24) is 0 Å². The molecule has 0 bridgehead atoms. The van der Waals surface area contributed by atoms with Crippen LogP contribution in [0.2, 0.25) is 0 Å². The van der Waals surface area contributed by atoms with Crippen molar-refractivity contribution in [3.8, 4) is 0 Å². The van der Waals surface area contributed by atoms with Crippen LogP contribution in [0.1, 0.15) is 32.6 Å². The standard InChI is InChI=1S/C6H12O2.Cd.2H2O/c1-2-3-4-5-6(7)8;;;/h2-5H2,1H3,(H,7,8);;2*1H2. The van der Waals surface area contributed by atoms with Gasteiger partial charge in [0, 0.05) is 33.7 Å². The summed E-state index contributed by atoms with van der Waals surface area (Å²) in [6.07, 6.45) is 3.28. The summed E-state index contributed by atoms with van der Waals surface area (Å²) in [4.78, 5) is 9.87. The normalized spacial score (nSPS) is 6.64. The van der Waals surface area contributed by atoms with E-state index in [-0.39, 0.29) is 38.3 Å². The number of hydrogen-bond donors (Lipinski definition) is 1. The molecule has 0 atom stereocenters. The molecule has 0 saturated carbocycles. The average Bonchev–Trinajstić information content (AvgIpc) is 1.66. The van der Waals surface area contributed by atoms with Gasteiger partial charge in [-0.25, -0.2) is 0 Å². The summed E-state index contributed by atoms with van der Waals surface area (Å²) in [7, 11) is 0. The first kappa shape index (κ1) is 22.5. The summed E-state index contributed by atoms with van der Waals surface area (Å²) >= 11 is 0. The van der Waals surface area contributed by atoms with Crippen molar-refractivity contribution < 1.29 is 48.2 Å². The summed E-state index contributed by atoms with van der Waals surface area (Å²) < 4.78 is 0. The molecule has 5 heteroatoms. The number of carboxylic acid groups (broad SMARTS) is 1. The Kier molecular flexibility index (Phi) is 34.2. The minimum absolute atomic E-state index is 0. The van der Waals surface area contributed by atoms with Gasteiger partial charge in [0.25, 0.3) is 0 Å². The molecule has 0 aromatic rings. The second kappa shape index (κ2) is 16.7. The number of aliphatic carboxylic acids is 1. The number of carbonyl (C=O) groups is 1. The third kappa shape index (κ3) is 25.2. The predicted molar refractivity (Wildman–Crippen MR) is 39.0 cm³/mol. The van der Waals surface area contributed by atoms with E-state index in [4.69, 9.17) is 5.11 Å². The molecule has 0 aromatic carbocycles. The Labute approximate surface area is 86.8 Å². The Bertz CT molecular complexity index is 77.0. The van der Waals surface area contributed by atoms with Crippen LogP contribution >= 0.6 is 0 Å². The average molecular weight is 265 g/mol. The van der Waals surface area contributed by atoms with Gasteiger partial charge in [0.05, 0.1) is 0 Å². The van der Waals surface area contributed by atoms with E-state index in [0.29, 0.717) is 6.42 Å². The van der Waals surface area contributed by atoms with Crippen LogP contribution in [0, 0.1) is 0 Å². The molecule has 0 amide bonds. The second-order valence-corrected chi connectivity index (χ2v) is 1.85. The summed E-state index contributed by atoms with van der Waals surface area (Å²) in [6.45, 7) is 2.06. The van der Waals surface area contributed by atoms with Crippen molar-refractivity contribution in [2.24, 2.45) is 0 Å². The monoisotopic (exact) mass is 266 g/mol. The van der Waals surface area contributed by atoms with Crippen LogP contribution in [0.4, 0.5) is 0 Å². The zero-order valence-corrected chi connectivity index (χ0v) is 10.9. The Balaban J connectivity index is -0.0000000817. The second-order valence-electron chi connectivity index (χ2n) is 1.85. The fourth-order valence-electron chi connectivity index (χ4n) is 0.526. The third-order valence-corrected chi connectivity index (χ3v) is 0.994. The van der Waals surface area contributed by atoms with E-state index < -0.39 is 5.97 Å². The maximum Gasteiger partial charge on any atom is 0.303 e. The quantitative estimate of drug-likeness (QED) is 0.571. The van der Waals surface area contributed by atoms with E-state index in [0.717, 1.165) is 19.3 Å². The molecule has 0 aromatic heterocycles. The van der Waals surface area contributed by atoms with Gasteiger partial charge < -0.3 is 16.1 Å². The Morgan fingerprint density at radius 2 is 1.73 bits per heavy atom. The fraction of sp³-hybridized carbons (Fsp3) is 0.833. The zero-order valence-electron chi connectivity index (χ0n) is 6.89. The Morgan fingerprint density at radius 1 is 1.27 bits per heavy atom. The zero-order chi connectivity index (χ0) is 6.41. The maximum absolute atomic E-state index is 9.87. The summed E-state index contributed by atoms with van der Waals surface area (Å²) in [6, 6.07) is 0. The molecule has 0 saturated heterocycles. The van der Waals surface area contributed by atoms with E-state index in [1.807, 2.05) is 0 Å². The largest absolute Gasteiger partial charge is 0.481 e. The molecule has 0 rings (SSSR count). The molecule has 4 nitrogen and oxygen atoms in total. The Morgan fingerprint density at radius 3 is 2.00 bits per heavy atom. The molecule has 0 radical (unpaired) electrons. The molecular weight excluding hydrogens is 248 g/mol. The third-order valence-electron chi connectivity index (χ3n) is 0.994. The van der Waals surface area contributed by atoms with Crippen molar-refractivity contribution in [2.45, 2.75) is 32.6 Å². The maximum atomic E-state index is 9.87. The molecule has 0 spiro atoms. The van der Waals surface area contributed by atoms with Gasteiger partial charge in [-0.15, -0.1) is 0 Å². The van der Waals surface area contributed by atoms with Gasteiger partial charge in [0.15, 0.2) is 0 Å². The van der Waals surface area contributed by atoms with Crippen LogP contribution in [0.15, 0.2) is 0 Å². The molecule has 0 aliphatic rings. The summed E-state index contributed by atoms with van der Waals surface area (Å²) in [5.41, 5.74) is 0. The molecule has 11 heavy (non-hydrogen) atoms. The predicted octanol–water partition coefficient (Wildman–Crippen LogP) is -0.000600. The van der Waals surface area contributed by atoms with Crippen molar-refractivity contribution in [3.63, 3.8) is 0 Å². The molecular formula is C6H16CdO4. The van der Waals surface area contributed by atoms with E-state index in [9.17, 15) is 4.79 Å². The van der Waals surface area contributed by atoms with Gasteiger partial charge in [0.1, 0.15) is 0 Å². The smallest absolute Gasteiger partial charge is 0.303 e. The van der Waals surface area contributed by atoms with Crippen LogP contribution in [-0.4, -0.2) is 22.0 Å². The van der Waals surface area contributed by atoms with Crippen LogP contribution in [-0.2, 0) is 32.1 Å². The fourth-order valence-corrected chi connectivity index (χ4v) is 0.526. The Hall–Kier alpha value is 0.312. The number of rotatable bonds is 4. The molecule has 0 heterocycles. The van der Waals surface area contributed by atoms with E-state index in [1.165, 1.54) is 0 Å². The SMILES string of the molecule is CCCCCC(=O)O.O.O.[Cd]. The van der Waals surface area contributed by atoms with Gasteiger partial charge in [-0.1, -0.05) is 19.8 Å². The van der Waals surface area contributed by atoms with Crippen molar-refractivity contribution in [1.29, 1.82) is 0 Å².